The fraction of sp³-hybridized carbons (Fsp3) is 0.846. The van der Waals surface area contributed by atoms with E-state index in [1.54, 1.807) is 4.90 Å². The van der Waals surface area contributed by atoms with E-state index in [1.807, 2.05) is 13.8 Å². The Morgan fingerprint density at radius 2 is 2.11 bits per heavy atom. The van der Waals surface area contributed by atoms with Crippen LogP contribution in [0.25, 0.3) is 0 Å². The van der Waals surface area contributed by atoms with E-state index in [2.05, 4.69) is 5.32 Å². The van der Waals surface area contributed by atoms with Crippen LogP contribution in [-0.2, 0) is 9.59 Å². The summed E-state index contributed by atoms with van der Waals surface area (Å²) in [6, 6.07) is -0.358. The van der Waals surface area contributed by atoms with Crippen LogP contribution in [0.5, 0.6) is 0 Å². The van der Waals surface area contributed by atoms with Gasteiger partial charge in [0.2, 0.25) is 5.91 Å². The standard InChI is InChI=1S/C13H24N2O3/c1-3-10(2)14-12(16)9-15-8-6-4-5-7-11(15)13(17)18/h10-11H,3-9H2,1-2H3,(H,14,16)(H,17,18). The van der Waals surface area contributed by atoms with Crippen molar-refractivity contribution in [2.75, 3.05) is 13.1 Å². The Kier molecular flexibility index (Phi) is 6.12. The minimum atomic E-state index is -0.812. The molecule has 2 N–H and O–H groups in total. The first-order valence-corrected chi connectivity index (χ1v) is 6.80. The molecule has 0 radical (unpaired) electrons. The van der Waals surface area contributed by atoms with Gasteiger partial charge in [-0.05, 0) is 32.7 Å². The van der Waals surface area contributed by atoms with Gasteiger partial charge in [-0.15, -0.1) is 0 Å². The summed E-state index contributed by atoms with van der Waals surface area (Å²) in [5.74, 6) is -0.884. The van der Waals surface area contributed by atoms with Gasteiger partial charge in [-0.3, -0.25) is 14.5 Å². The van der Waals surface area contributed by atoms with Crippen LogP contribution in [-0.4, -0.2) is 47.1 Å². The summed E-state index contributed by atoms with van der Waals surface area (Å²) in [5, 5.41) is 12.1. The average Bonchev–Trinajstić information content (AvgIpc) is 2.54. The summed E-state index contributed by atoms with van der Waals surface area (Å²) in [6.45, 7) is 4.86. The van der Waals surface area contributed by atoms with E-state index in [1.165, 1.54) is 0 Å². The van der Waals surface area contributed by atoms with Gasteiger partial charge >= 0.3 is 5.97 Å². The molecule has 104 valence electrons. The van der Waals surface area contributed by atoms with Gasteiger partial charge in [-0.25, -0.2) is 0 Å². The number of hydrogen-bond acceptors (Lipinski definition) is 3. The molecule has 0 bridgehead atoms. The first-order valence-electron chi connectivity index (χ1n) is 6.80. The lowest BCUT2D eigenvalue weighted by Crippen LogP contribution is -2.47. The van der Waals surface area contributed by atoms with Crippen molar-refractivity contribution in [1.82, 2.24) is 10.2 Å². The molecular weight excluding hydrogens is 232 g/mol. The zero-order valence-electron chi connectivity index (χ0n) is 11.3. The first-order chi connectivity index (χ1) is 8.54. The molecule has 1 rings (SSSR count). The van der Waals surface area contributed by atoms with E-state index in [0.29, 0.717) is 13.0 Å². The molecule has 1 aliphatic heterocycles. The second kappa shape index (κ2) is 7.36. The SMILES string of the molecule is CCC(C)NC(=O)CN1CCCCCC1C(=O)O. The van der Waals surface area contributed by atoms with Crippen molar-refractivity contribution in [2.24, 2.45) is 0 Å². The van der Waals surface area contributed by atoms with Crippen molar-refractivity contribution < 1.29 is 14.7 Å². The van der Waals surface area contributed by atoms with Crippen LogP contribution in [0.2, 0.25) is 0 Å². The number of likely N-dealkylation sites (tertiary alicyclic amines) is 1. The van der Waals surface area contributed by atoms with Gasteiger partial charge in [-0.2, -0.15) is 0 Å². The topological polar surface area (TPSA) is 69.6 Å². The summed E-state index contributed by atoms with van der Waals surface area (Å²) in [5.41, 5.74) is 0. The number of nitrogens with one attached hydrogen (secondary N) is 1. The van der Waals surface area contributed by atoms with Gasteiger partial charge < -0.3 is 10.4 Å². The molecule has 5 nitrogen and oxygen atoms in total. The summed E-state index contributed by atoms with van der Waals surface area (Å²) >= 11 is 0. The smallest absolute Gasteiger partial charge is 0.320 e. The van der Waals surface area contributed by atoms with E-state index in [4.69, 9.17) is 0 Å². The summed E-state index contributed by atoms with van der Waals surface area (Å²) in [7, 11) is 0. The third-order valence-corrected chi connectivity index (χ3v) is 3.52. The Morgan fingerprint density at radius 1 is 1.39 bits per heavy atom. The molecule has 1 fully saturated rings. The zero-order chi connectivity index (χ0) is 13.5. The average molecular weight is 256 g/mol. The van der Waals surface area contributed by atoms with Crippen molar-refractivity contribution in [3.8, 4) is 0 Å². The molecule has 1 saturated heterocycles. The Hall–Kier alpha value is -1.10. The number of aliphatic carboxylic acids is 1. The molecule has 0 aromatic heterocycles. The molecule has 1 aliphatic rings. The molecule has 5 heteroatoms. The van der Waals surface area contributed by atoms with E-state index in [-0.39, 0.29) is 18.5 Å². The normalized spacial score (nSPS) is 23.1. The second-order valence-corrected chi connectivity index (χ2v) is 5.05. The third-order valence-electron chi connectivity index (χ3n) is 3.52. The van der Waals surface area contributed by atoms with Crippen LogP contribution >= 0.6 is 0 Å². The monoisotopic (exact) mass is 256 g/mol. The lowest BCUT2D eigenvalue weighted by atomic mass is 10.1. The molecule has 0 aromatic carbocycles. The quantitative estimate of drug-likeness (QED) is 0.776. The van der Waals surface area contributed by atoms with Gasteiger partial charge in [-0.1, -0.05) is 19.8 Å². The number of nitrogens with zero attached hydrogens (tertiary/aromatic N) is 1. The molecule has 0 aromatic rings. The largest absolute Gasteiger partial charge is 0.480 e. The van der Waals surface area contributed by atoms with Crippen molar-refractivity contribution in [2.45, 2.75) is 58.0 Å². The van der Waals surface area contributed by atoms with Crippen LogP contribution in [0.15, 0.2) is 0 Å². The molecule has 0 spiro atoms. The number of hydrogen-bond donors (Lipinski definition) is 2. The predicted octanol–water partition coefficient (Wildman–Crippen LogP) is 1.23. The van der Waals surface area contributed by atoms with Crippen molar-refractivity contribution in [3.63, 3.8) is 0 Å². The molecule has 2 atom stereocenters. The summed E-state index contributed by atoms with van der Waals surface area (Å²) in [4.78, 5) is 24.8. The van der Waals surface area contributed by atoms with Crippen LogP contribution in [0.1, 0.15) is 46.0 Å². The molecule has 1 amide bonds. The minimum absolute atomic E-state index is 0.0718. The fourth-order valence-corrected chi connectivity index (χ4v) is 2.24. The van der Waals surface area contributed by atoms with Crippen molar-refractivity contribution >= 4 is 11.9 Å². The van der Waals surface area contributed by atoms with Crippen LogP contribution in [0.4, 0.5) is 0 Å². The maximum atomic E-state index is 11.8. The molecular formula is C13H24N2O3. The fourth-order valence-electron chi connectivity index (χ4n) is 2.24. The van der Waals surface area contributed by atoms with E-state index in [9.17, 15) is 14.7 Å². The molecule has 18 heavy (non-hydrogen) atoms. The number of carbonyl (C=O) groups is 2. The lowest BCUT2D eigenvalue weighted by Gasteiger charge is -2.26. The number of rotatable bonds is 5. The Bertz CT molecular complexity index is 294. The summed E-state index contributed by atoms with van der Waals surface area (Å²) < 4.78 is 0. The highest BCUT2D eigenvalue weighted by atomic mass is 16.4. The zero-order valence-corrected chi connectivity index (χ0v) is 11.3. The third kappa shape index (κ3) is 4.64. The molecule has 0 saturated carbocycles. The lowest BCUT2D eigenvalue weighted by molar-refractivity contribution is -0.144. The van der Waals surface area contributed by atoms with Crippen LogP contribution in [0, 0.1) is 0 Å². The molecule has 0 aliphatic carbocycles. The second-order valence-electron chi connectivity index (χ2n) is 5.05. The first kappa shape index (κ1) is 15.0. The molecule has 2 unspecified atom stereocenters. The van der Waals surface area contributed by atoms with E-state index >= 15 is 0 Å². The van der Waals surface area contributed by atoms with Gasteiger partial charge in [0.05, 0.1) is 6.54 Å². The summed E-state index contributed by atoms with van der Waals surface area (Å²) in [6.07, 6.45) is 4.48. The Morgan fingerprint density at radius 3 is 2.72 bits per heavy atom. The molecule has 1 heterocycles. The predicted molar refractivity (Wildman–Crippen MR) is 69.4 cm³/mol. The van der Waals surface area contributed by atoms with Crippen LogP contribution < -0.4 is 5.32 Å². The van der Waals surface area contributed by atoms with E-state index < -0.39 is 12.0 Å². The highest BCUT2D eigenvalue weighted by Crippen LogP contribution is 2.16. The number of carboxylic acid groups (broad SMARTS) is 1. The maximum absolute atomic E-state index is 11.8. The maximum Gasteiger partial charge on any atom is 0.320 e. The van der Waals surface area contributed by atoms with Crippen LogP contribution in [0.3, 0.4) is 0 Å². The Labute approximate surface area is 109 Å². The van der Waals surface area contributed by atoms with Crippen molar-refractivity contribution in [3.05, 3.63) is 0 Å². The Balaban J connectivity index is 2.55. The van der Waals surface area contributed by atoms with Gasteiger partial charge in [0.25, 0.3) is 0 Å². The highest BCUT2D eigenvalue weighted by Gasteiger charge is 2.28. The number of carbonyl (C=O) groups excluding carboxylic acids is 1. The van der Waals surface area contributed by atoms with Gasteiger partial charge in [0.1, 0.15) is 6.04 Å². The van der Waals surface area contributed by atoms with Gasteiger partial charge in [0, 0.05) is 6.04 Å². The highest BCUT2D eigenvalue weighted by molar-refractivity contribution is 5.80. The van der Waals surface area contributed by atoms with Gasteiger partial charge in [0.15, 0.2) is 0 Å². The number of carboxylic acids is 1. The van der Waals surface area contributed by atoms with Crippen molar-refractivity contribution in [1.29, 1.82) is 0 Å². The van der Waals surface area contributed by atoms with E-state index in [0.717, 1.165) is 25.7 Å². The minimum Gasteiger partial charge on any atom is -0.480 e. The number of amides is 1.